The van der Waals surface area contributed by atoms with Crippen LogP contribution in [0, 0.1) is 13.8 Å². The molecule has 3 aromatic heterocycles. The minimum atomic E-state index is -0.113. The maximum atomic E-state index is 11.8. The molecule has 5 nitrogen and oxygen atoms in total. The molecule has 23 heavy (non-hydrogen) atoms. The van der Waals surface area contributed by atoms with E-state index in [1.54, 1.807) is 24.5 Å². The molecule has 0 aliphatic heterocycles. The predicted molar refractivity (Wildman–Crippen MR) is 96.9 cm³/mol. The molecule has 118 valence electrons. The second-order valence-electron chi connectivity index (χ2n) is 5.14. The van der Waals surface area contributed by atoms with Crippen LogP contribution in [0.1, 0.15) is 16.1 Å². The van der Waals surface area contributed by atoms with Crippen LogP contribution in [0.4, 0.5) is 5.82 Å². The maximum Gasteiger partial charge on any atom is 0.254 e. The fourth-order valence-corrected chi connectivity index (χ4v) is 3.44. The van der Waals surface area contributed by atoms with Gasteiger partial charge in [0.25, 0.3) is 5.56 Å². The molecule has 3 heterocycles. The lowest BCUT2D eigenvalue weighted by Gasteiger charge is -2.06. The highest BCUT2D eigenvalue weighted by molar-refractivity contribution is 9.10. The van der Waals surface area contributed by atoms with Gasteiger partial charge in [0, 0.05) is 37.7 Å². The van der Waals surface area contributed by atoms with Crippen molar-refractivity contribution in [3.63, 3.8) is 0 Å². The van der Waals surface area contributed by atoms with Gasteiger partial charge >= 0.3 is 0 Å². The van der Waals surface area contributed by atoms with Gasteiger partial charge < -0.3 is 10.3 Å². The Morgan fingerprint density at radius 2 is 2.17 bits per heavy atom. The molecule has 0 bridgehead atoms. The van der Waals surface area contributed by atoms with E-state index in [-0.39, 0.29) is 5.56 Å². The smallest absolute Gasteiger partial charge is 0.254 e. The Kier molecular flexibility index (Phi) is 4.58. The van der Waals surface area contributed by atoms with Crippen molar-refractivity contribution in [2.45, 2.75) is 20.4 Å². The van der Waals surface area contributed by atoms with Gasteiger partial charge in [-0.25, -0.2) is 9.97 Å². The van der Waals surface area contributed by atoms with E-state index in [4.69, 9.17) is 0 Å². The quantitative estimate of drug-likeness (QED) is 0.708. The fourth-order valence-electron chi connectivity index (χ4n) is 2.04. The molecule has 0 saturated heterocycles. The average molecular weight is 391 g/mol. The van der Waals surface area contributed by atoms with Gasteiger partial charge in [-0.3, -0.25) is 4.79 Å². The summed E-state index contributed by atoms with van der Waals surface area (Å²) < 4.78 is 1.09. The third kappa shape index (κ3) is 3.68. The third-order valence-corrected chi connectivity index (χ3v) is 5.19. The second kappa shape index (κ2) is 6.64. The Hall–Kier alpha value is -1.99. The number of hydrogen-bond donors (Lipinski definition) is 2. The lowest BCUT2D eigenvalue weighted by Crippen LogP contribution is -2.14. The largest absolute Gasteiger partial charge is 0.365 e. The van der Waals surface area contributed by atoms with Crippen molar-refractivity contribution in [3.05, 3.63) is 60.7 Å². The molecule has 2 N–H and O–H groups in total. The number of nitrogens with zero attached hydrogens (tertiary/aromatic N) is 2. The molecular weight excluding hydrogens is 376 g/mol. The van der Waals surface area contributed by atoms with Gasteiger partial charge in [0.1, 0.15) is 11.6 Å². The number of anilines is 1. The molecule has 0 amide bonds. The summed E-state index contributed by atoms with van der Waals surface area (Å²) in [5, 5.41) is 5.32. The SMILES string of the molecule is Cc1nc(-c2ccc(NCc3cc(Br)cs3)nc2)[nH]c(=O)c1C. The molecule has 0 aromatic carbocycles. The number of nitrogens with one attached hydrogen (secondary N) is 2. The number of H-pyrrole nitrogens is 1. The van der Waals surface area contributed by atoms with Crippen molar-refractivity contribution >= 4 is 33.1 Å². The monoisotopic (exact) mass is 390 g/mol. The van der Waals surface area contributed by atoms with Gasteiger partial charge in [-0.15, -0.1) is 11.3 Å². The number of aromatic nitrogens is 3. The summed E-state index contributed by atoms with van der Waals surface area (Å²) in [6, 6.07) is 5.86. The van der Waals surface area contributed by atoms with Gasteiger partial charge in [-0.05, 0) is 48.0 Å². The number of halogens is 1. The van der Waals surface area contributed by atoms with E-state index >= 15 is 0 Å². The van der Waals surface area contributed by atoms with Crippen LogP contribution in [-0.4, -0.2) is 15.0 Å². The number of aromatic amines is 1. The number of hydrogen-bond acceptors (Lipinski definition) is 5. The molecule has 3 rings (SSSR count). The first kappa shape index (κ1) is 15.9. The van der Waals surface area contributed by atoms with Crippen molar-refractivity contribution in [3.8, 4) is 11.4 Å². The van der Waals surface area contributed by atoms with E-state index in [2.05, 4.69) is 47.6 Å². The molecule has 0 unspecified atom stereocenters. The summed E-state index contributed by atoms with van der Waals surface area (Å²) in [5.74, 6) is 1.32. The summed E-state index contributed by atoms with van der Waals surface area (Å²) in [7, 11) is 0. The Bertz CT molecular complexity index is 886. The Morgan fingerprint density at radius 3 is 2.78 bits per heavy atom. The van der Waals surface area contributed by atoms with Gasteiger partial charge in [-0.1, -0.05) is 0 Å². The second-order valence-corrected chi connectivity index (χ2v) is 7.05. The van der Waals surface area contributed by atoms with E-state index in [0.29, 0.717) is 11.4 Å². The summed E-state index contributed by atoms with van der Waals surface area (Å²) >= 11 is 5.13. The van der Waals surface area contributed by atoms with Crippen molar-refractivity contribution in [1.29, 1.82) is 0 Å². The lowest BCUT2D eigenvalue weighted by atomic mass is 10.2. The molecule has 0 fully saturated rings. The molecule has 0 spiro atoms. The summed E-state index contributed by atoms with van der Waals surface area (Å²) in [4.78, 5) is 24.6. The van der Waals surface area contributed by atoms with Gasteiger partial charge in [0.2, 0.25) is 0 Å². The van der Waals surface area contributed by atoms with Crippen molar-refractivity contribution in [2.24, 2.45) is 0 Å². The highest BCUT2D eigenvalue weighted by Crippen LogP contribution is 2.21. The highest BCUT2D eigenvalue weighted by Gasteiger charge is 2.06. The van der Waals surface area contributed by atoms with E-state index in [9.17, 15) is 4.79 Å². The normalized spacial score (nSPS) is 10.7. The molecule has 3 aromatic rings. The first-order valence-electron chi connectivity index (χ1n) is 7.03. The minimum absolute atomic E-state index is 0.113. The fraction of sp³-hybridized carbons (Fsp3) is 0.188. The predicted octanol–water partition coefficient (Wildman–Crippen LogP) is 3.88. The number of aryl methyl sites for hydroxylation is 1. The van der Waals surface area contributed by atoms with Crippen molar-refractivity contribution in [2.75, 3.05) is 5.32 Å². The zero-order valence-corrected chi connectivity index (χ0v) is 15.1. The zero-order valence-electron chi connectivity index (χ0n) is 12.7. The lowest BCUT2D eigenvalue weighted by molar-refractivity contribution is 1.03. The molecule has 0 atom stereocenters. The molecule has 0 saturated carbocycles. The van der Waals surface area contributed by atoms with Crippen LogP contribution in [0.5, 0.6) is 0 Å². The topological polar surface area (TPSA) is 70.7 Å². The Labute approximate surface area is 146 Å². The number of thiophene rings is 1. The van der Waals surface area contributed by atoms with Crippen molar-refractivity contribution < 1.29 is 0 Å². The maximum absolute atomic E-state index is 11.8. The molecule has 7 heteroatoms. The molecule has 0 aliphatic carbocycles. The Balaban J connectivity index is 1.75. The van der Waals surface area contributed by atoms with E-state index < -0.39 is 0 Å². The van der Waals surface area contributed by atoms with Gasteiger partial charge in [-0.2, -0.15) is 0 Å². The van der Waals surface area contributed by atoms with Crippen molar-refractivity contribution in [1.82, 2.24) is 15.0 Å². The van der Waals surface area contributed by atoms with Crippen LogP contribution in [0.2, 0.25) is 0 Å². The summed E-state index contributed by atoms with van der Waals surface area (Å²) in [6.45, 7) is 4.32. The average Bonchev–Trinajstić information content (AvgIpc) is 2.96. The molecule has 0 radical (unpaired) electrons. The zero-order chi connectivity index (χ0) is 16.4. The number of rotatable bonds is 4. The van der Waals surface area contributed by atoms with Crippen LogP contribution >= 0.6 is 27.3 Å². The van der Waals surface area contributed by atoms with Crippen LogP contribution in [0.25, 0.3) is 11.4 Å². The van der Waals surface area contributed by atoms with E-state index in [1.165, 1.54) is 4.88 Å². The number of pyridine rings is 1. The van der Waals surface area contributed by atoms with Crippen LogP contribution in [0.3, 0.4) is 0 Å². The van der Waals surface area contributed by atoms with Crippen LogP contribution in [-0.2, 0) is 6.54 Å². The van der Waals surface area contributed by atoms with Gasteiger partial charge in [0.05, 0.1) is 6.54 Å². The van der Waals surface area contributed by atoms with Crippen LogP contribution < -0.4 is 10.9 Å². The summed E-state index contributed by atoms with van der Waals surface area (Å²) in [5.41, 5.74) is 2.05. The van der Waals surface area contributed by atoms with Crippen LogP contribution in [0.15, 0.2) is 39.0 Å². The third-order valence-electron chi connectivity index (χ3n) is 3.50. The molecule has 0 aliphatic rings. The standard InChI is InChI=1S/C16H15BrN4OS/c1-9-10(2)20-15(21-16(9)22)11-3-4-14(18-6-11)19-7-13-5-12(17)8-23-13/h3-6,8H,7H2,1-2H3,(H,18,19)(H,20,21,22). The molecular formula is C16H15BrN4OS. The minimum Gasteiger partial charge on any atom is -0.365 e. The van der Waals surface area contributed by atoms with E-state index in [1.807, 2.05) is 19.1 Å². The Morgan fingerprint density at radius 1 is 1.35 bits per heavy atom. The highest BCUT2D eigenvalue weighted by atomic mass is 79.9. The summed E-state index contributed by atoms with van der Waals surface area (Å²) in [6.07, 6.45) is 1.71. The first-order valence-corrected chi connectivity index (χ1v) is 8.71. The first-order chi connectivity index (χ1) is 11.0. The van der Waals surface area contributed by atoms with E-state index in [0.717, 1.165) is 28.1 Å². The van der Waals surface area contributed by atoms with Gasteiger partial charge in [0.15, 0.2) is 0 Å².